The Labute approximate surface area is 107 Å². The van der Waals surface area contributed by atoms with Gasteiger partial charge in [-0.1, -0.05) is 0 Å². The lowest BCUT2D eigenvalue weighted by atomic mass is 10.0. The highest BCUT2D eigenvalue weighted by Crippen LogP contribution is 2.40. The molecule has 0 aromatic heterocycles. The van der Waals surface area contributed by atoms with E-state index in [1.807, 2.05) is 0 Å². The van der Waals surface area contributed by atoms with Gasteiger partial charge in [-0.25, -0.2) is 14.1 Å². The molecular weight excluding hydrogens is 255 g/mol. The number of halogens is 1. The predicted octanol–water partition coefficient (Wildman–Crippen LogP) is 1.88. The van der Waals surface area contributed by atoms with E-state index in [-0.39, 0.29) is 17.0 Å². The molecule has 1 aromatic carbocycles. The molecule has 19 heavy (non-hydrogen) atoms. The van der Waals surface area contributed by atoms with Crippen molar-refractivity contribution < 1.29 is 23.8 Å². The molecule has 1 aromatic rings. The Morgan fingerprint density at radius 1 is 1.53 bits per heavy atom. The van der Waals surface area contributed by atoms with E-state index in [0.29, 0.717) is 4.90 Å². The number of fused-ring (bicyclic) bond motifs is 1. The Bertz CT molecular complexity index is 633. The zero-order valence-electron chi connectivity index (χ0n) is 10.1. The third-order valence-corrected chi connectivity index (χ3v) is 2.66. The molecule has 0 atom stereocenters. The summed E-state index contributed by atoms with van der Waals surface area (Å²) in [6.07, 6.45) is -1.56. The van der Waals surface area contributed by atoms with Crippen LogP contribution < -0.4 is 9.64 Å². The van der Waals surface area contributed by atoms with E-state index < -0.39 is 23.4 Å². The van der Waals surface area contributed by atoms with Crippen LogP contribution in [-0.2, 0) is 4.79 Å². The summed E-state index contributed by atoms with van der Waals surface area (Å²) >= 11 is 0. The number of amides is 2. The summed E-state index contributed by atoms with van der Waals surface area (Å²) < 4.78 is 18.7. The smallest absolute Gasteiger partial charge is 0.419 e. The molecule has 0 unspecified atom stereocenters. The standard InChI is InChI=1S/C12H9FN2O4/c1-12(2)10(16)15(11(17)18)8-4-7(13)3-6(5-14)9(8)19-12/h3-4H,1-2H3,(H,17,18). The molecule has 98 valence electrons. The molecule has 1 aliphatic heterocycles. The lowest BCUT2D eigenvalue weighted by Gasteiger charge is -2.36. The van der Waals surface area contributed by atoms with Crippen molar-refractivity contribution in [1.82, 2.24) is 0 Å². The molecule has 2 amide bonds. The number of carbonyl (C=O) groups excluding carboxylic acids is 1. The number of carbonyl (C=O) groups is 2. The number of anilines is 1. The number of rotatable bonds is 0. The second kappa shape index (κ2) is 3.95. The van der Waals surface area contributed by atoms with Crippen LogP contribution in [0.15, 0.2) is 12.1 Å². The predicted molar refractivity (Wildman–Crippen MR) is 61.3 cm³/mol. The van der Waals surface area contributed by atoms with E-state index >= 15 is 0 Å². The first-order chi connectivity index (χ1) is 8.77. The number of hydrogen-bond acceptors (Lipinski definition) is 4. The Morgan fingerprint density at radius 2 is 2.16 bits per heavy atom. The molecule has 1 aliphatic rings. The molecule has 2 rings (SSSR count). The van der Waals surface area contributed by atoms with Crippen LogP contribution in [0.25, 0.3) is 0 Å². The molecule has 0 bridgehead atoms. The highest BCUT2D eigenvalue weighted by atomic mass is 19.1. The average molecular weight is 264 g/mol. The van der Waals surface area contributed by atoms with Gasteiger partial charge in [0.15, 0.2) is 11.4 Å². The van der Waals surface area contributed by atoms with E-state index in [9.17, 15) is 14.0 Å². The van der Waals surface area contributed by atoms with E-state index in [1.54, 1.807) is 6.07 Å². The number of carboxylic acid groups (broad SMARTS) is 1. The molecule has 6 nitrogen and oxygen atoms in total. The number of ether oxygens (including phenoxy) is 1. The van der Waals surface area contributed by atoms with Gasteiger partial charge in [0.05, 0.1) is 5.56 Å². The van der Waals surface area contributed by atoms with Gasteiger partial charge >= 0.3 is 6.09 Å². The lowest BCUT2D eigenvalue weighted by Crippen LogP contribution is -2.54. The molecule has 7 heteroatoms. The fraction of sp³-hybridized carbons (Fsp3) is 0.250. The first-order valence-electron chi connectivity index (χ1n) is 5.28. The summed E-state index contributed by atoms with van der Waals surface area (Å²) in [5.74, 6) is -1.78. The Kier molecular flexibility index (Phi) is 2.67. The average Bonchev–Trinajstić information content (AvgIpc) is 2.30. The minimum Gasteiger partial charge on any atom is -0.474 e. The molecular formula is C12H9FN2O4. The molecule has 1 N–H and O–H groups in total. The third kappa shape index (κ3) is 1.87. The van der Waals surface area contributed by atoms with Crippen molar-refractivity contribution in [2.24, 2.45) is 0 Å². The maximum absolute atomic E-state index is 13.4. The fourth-order valence-corrected chi connectivity index (χ4v) is 1.80. The van der Waals surface area contributed by atoms with Crippen molar-refractivity contribution in [3.05, 3.63) is 23.5 Å². The summed E-state index contributed by atoms with van der Waals surface area (Å²) in [6, 6.07) is 3.48. The Hall–Kier alpha value is -2.62. The SMILES string of the molecule is CC1(C)Oc2c(C#N)cc(F)cc2N(C(=O)O)C1=O. The molecule has 0 saturated heterocycles. The number of imide groups is 1. The van der Waals surface area contributed by atoms with Gasteiger partial charge in [-0.05, 0) is 19.9 Å². The van der Waals surface area contributed by atoms with E-state index in [2.05, 4.69) is 0 Å². The van der Waals surface area contributed by atoms with Gasteiger partial charge in [0.25, 0.3) is 5.91 Å². The van der Waals surface area contributed by atoms with E-state index in [1.165, 1.54) is 13.8 Å². The molecule has 0 spiro atoms. The van der Waals surface area contributed by atoms with Gasteiger partial charge in [0, 0.05) is 6.07 Å². The van der Waals surface area contributed by atoms with Crippen LogP contribution in [0.1, 0.15) is 19.4 Å². The highest BCUT2D eigenvalue weighted by molar-refractivity contribution is 6.17. The van der Waals surface area contributed by atoms with Crippen LogP contribution in [0.4, 0.5) is 14.9 Å². The quantitative estimate of drug-likeness (QED) is 0.772. The van der Waals surface area contributed by atoms with E-state index in [0.717, 1.165) is 12.1 Å². The summed E-state index contributed by atoms with van der Waals surface area (Å²) in [5, 5.41) is 18.0. The van der Waals surface area contributed by atoms with Crippen LogP contribution >= 0.6 is 0 Å². The second-order valence-electron chi connectivity index (χ2n) is 4.45. The first-order valence-corrected chi connectivity index (χ1v) is 5.28. The topological polar surface area (TPSA) is 90.6 Å². The minimum absolute atomic E-state index is 0.115. The zero-order valence-corrected chi connectivity index (χ0v) is 10.1. The van der Waals surface area contributed by atoms with Gasteiger partial charge in [0.2, 0.25) is 0 Å². The van der Waals surface area contributed by atoms with Crippen molar-refractivity contribution in [2.75, 3.05) is 4.90 Å². The zero-order chi connectivity index (χ0) is 14.4. The monoisotopic (exact) mass is 264 g/mol. The van der Waals surface area contributed by atoms with Crippen molar-refractivity contribution >= 4 is 17.7 Å². The molecule has 0 fully saturated rings. The van der Waals surface area contributed by atoms with Crippen LogP contribution in [0.3, 0.4) is 0 Å². The number of nitrogens with zero attached hydrogens (tertiary/aromatic N) is 2. The van der Waals surface area contributed by atoms with E-state index in [4.69, 9.17) is 15.1 Å². The Morgan fingerprint density at radius 3 is 2.68 bits per heavy atom. The van der Waals surface area contributed by atoms with Crippen LogP contribution in [0.5, 0.6) is 5.75 Å². The summed E-state index contributed by atoms with van der Waals surface area (Å²) in [7, 11) is 0. The van der Waals surface area contributed by atoms with Gasteiger partial charge < -0.3 is 9.84 Å². The first kappa shape index (κ1) is 12.8. The van der Waals surface area contributed by atoms with Crippen LogP contribution in [-0.4, -0.2) is 22.7 Å². The molecule has 0 saturated carbocycles. The fourth-order valence-electron chi connectivity index (χ4n) is 1.80. The van der Waals surface area contributed by atoms with Crippen LogP contribution in [0.2, 0.25) is 0 Å². The maximum Gasteiger partial charge on any atom is 0.419 e. The van der Waals surface area contributed by atoms with Crippen molar-refractivity contribution in [3.63, 3.8) is 0 Å². The summed E-state index contributed by atoms with van der Waals surface area (Å²) in [6.45, 7) is 2.75. The molecule has 0 aliphatic carbocycles. The third-order valence-electron chi connectivity index (χ3n) is 2.66. The molecule has 0 radical (unpaired) electrons. The Balaban J connectivity index is 2.77. The largest absolute Gasteiger partial charge is 0.474 e. The summed E-state index contributed by atoms with van der Waals surface area (Å²) in [5.41, 5.74) is -1.90. The highest BCUT2D eigenvalue weighted by Gasteiger charge is 2.45. The second-order valence-corrected chi connectivity index (χ2v) is 4.45. The van der Waals surface area contributed by atoms with Crippen molar-refractivity contribution in [3.8, 4) is 11.8 Å². The number of nitriles is 1. The minimum atomic E-state index is -1.56. The van der Waals surface area contributed by atoms with Gasteiger partial charge in [0.1, 0.15) is 17.6 Å². The van der Waals surface area contributed by atoms with Crippen molar-refractivity contribution in [1.29, 1.82) is 5.26 Å². The van der Waals surface area contributed by atoms with Crippen LogP contribution in [0, 0.1) is 17.1 Å². The van der Waals surface area contributed by atoms with Crippen molar-refractivity contribution in [2.45, 2.75) is 19.4 Å². The normalized spacial score (nSPS) is 16.3. The van der Waals surface area contributed by atoms with Gasteiger partial charge in [-0.2, -0.15) is 5.26 Å². The lowest BCUT2D eigenvalue weighted by molar-refractivity contribution is -0.132. The number of hydrogen-bond donors (Lipinski definition) is 1. The number of benzene rings is 1. The summed E-state index contributed by atoms with van der Waals surface area (Å²) in [4.78, 5) is 23.5. The maximum atomic E-state index is 13.4. The van der Waals surface area contributed by atoms with Gasteiger partial charge in [-0.15, -0.1) is 0 Å². The van der Waals surface area contributed by atoms with Gasteiger partial charge in [-0.3, -0.25) is 4.79 Å². The molecule has 1 heterocycles.